The second-order valence-corrected chi connectivity index (χ2v) is 7.72. The molecule has 2 aromatic carbocycles. The van der Waals surface area contributed by atoms with E-state index in [1.54, 1.807) is 17.5 Å². The van der Waals surface area contributed by atoms with Crippen LogP contribution in [0.2, 0.25) is 5.02 Å². The van der Waals surface area contributed by atoms with Gasteiger partial charge in [0.25, 0.3) is 0 Å². The van der Waals surface area contributed by atoms with Gasteiger partial charge in [0.2, 0.25) is 0 Å². The number of rotatable bonds is 6. The van der Waals surface area contributed by atoms with Gasteiger partial charge < -0.3 is 5.11 Å². The minimum Gasteiger partial charge on any atom is -0.481 e. The molecule has 0 saturated heterocycles. The second kappa shape index (κ2) is 7.96. The van der Waals surface area contributed by atoms with Crippen LogP contribution >= 0.6 is 22.9 Å². The Bertz CT molecular complexity index is 1130. The Labute approximate surface area is 170 Å². The first-order valence-corrected chi connectivity index (χ1v) is 9.87. The number of hydrogen-bond donors (Lipinski definition) is 2. The van der Waals surface area contributed by atoms with Crippen LogP contribution in [0.5, 0.6) is 0 Å². The number of para-hydroxylation sites is 1. The molecule has 28 heavy (non-hydrogen) atoms. The number of nitrogens with one attached hydrogen (secondary N) is 1. The van der Waals surface area contributed by atoms with Crippen molar-refractivity contribution in [3.8, 4) is 11.3 Å². The van der Waals surface area contributed by atoms with E-state index in [4.69, 9.17) is 21.7 Å². The van der Waals surface area contributed by atoms with Crippen molar-refractivity contribution in [2.24, 2.45) is 0 Å². The Balaban J connectivity index is 1.76. The summed E-state index contributed by atoms with van der Waals surface area (Å²) in [4.78, 5) is 15.8. The number of aromatic nitrogens is 3. The maximum atomic E-state index is 11.2. The number of carbonyl (C=O) groups is 1. The minimum absolute atomic E-state index is 0.0376. The lowest BCUT2D eigenvalue weighted by molar-refractivity contribution is -0.136. The molecule has 0 aliphatic rings. The number of H-pyrrole nitrogens is 1. The van der Waals surface area contributed by atoms with Gasteiger partial charge >= 0.3 is 5.97 Å². The average Bonchev–Trinajstić information content (AvgIpc) is 3.32. The third-order valence-electron chi connectivity index (χ3n) is 4.31. The number of aromatic amines is 1. The van der Waals surface area contributed by atoms with Crippen LogP contribution in [0, 0.1) is 0 Å². The molecule has 0 aliphatic carbocycles. The number of carboxylic acid groups (broad SMARTS) is 1. The maximum Gasteiger partial charge on any atom is 0.303 e. The number of thiazole rings is 1. The van der Waals surface area contributed by atoms with Crippen molar-refractivity contribution in [2.45, 2.75) is 12.8 Å². The molecule has 0 amide bonds. The van der Waals surface area contributed by atoms with Crippen LogP contribution in [0.25, 0.3) is 33.1 Å². The lowest BCUT2D eigenvalue weighted by atomic mass is 10.0. The van der Waals surface area contributed by atoms with Crippen LogP contribution in [0.15, 0.2) is 54.7 Å². The van der Waals surface area contributed by atoms with Gasteiger partial charge in [-0.3, -0.25) is 9.89 Å². The lowest BCUT2D eigenvalue weighted by Gasteiger charge is -2.04. The Morgan fingerprint density at radius 3 is 2.68 bits per heavy atom. The first-order valence-electron chi connectivity index (χ1n) is 8.68. The van der Waals surface area contributed by atoms with Gasteiger partial charge in [-0.25, -0.2) is 4.98 Å². The topological polar surface area (TPSA) is 78.9 Å². The minimum atomic E-state index is -0.836. The Kier molecular flexibility index (Phi) is 5.23. The van der Waals surface area contributed by atoms with Gasteiger partial charge in [0.1, 0.15) is 5.01 Å². The zero-order valence-corrected chi connectivity index (χ0v) is 16.3. The molecule has 7 heteroatoms. The van der Waals surface area contributed by atoms with Crippen molar-refractivity contribution in [1.82, 2.24) is 15.2 Å². The van der Waals surface area contributed by atoms with Gasteiger partial charge in [0.05, 0.1) is 22.1 Å². The fourth-order valence-electron chi connectivity index (χ4n) is 2.93. The van der Waals surface area contributed by atoms with Crippen molar-refractivity contribution in [3.63, 3.8) is 0 Å². The van der Waals surface area contributed by atoms with Gasteiger partial charge in [0.15, 0.2) is 0 Å². The summed E-state index contributed by atoms with van der Waals surface area (Å²) in [5, 5.41) is 17.8. The Hall–Kier alpha value is -2.96. The van der Waals surface area contributed by atoms with Crippen molar-refractivity contribution in [1.29, 1.82) is 0 Å². The van der Waals surface area contributed by atoms with E-state index in [0.717, 1.165) is 37.6 Å². The average molecular weight is 410 g/mol. The maximum absolute atomic E-state index is 11.2. The SMILES string of the molecule is O=C(O)CC/C(=C/c1cn[nH]c1-c1ccc(Cl)cc1)c1nc2ccccc2s1. The Morgan fingerprint density at radius 1 is 1.14 bits per heavy atom. The number of benzene rings is 2. The van der Waals surface area contributed by atoms with Gasteiger partial charge in [0, 0.05) is 22.6 Å². The van der Waals surface area contributed by atoms with Crippen LogP contribution < -0.4 is 0 Å². The molecule has 0 spiro atoms. The summed E-state index contributed by atoms with van der Waals surface area (Å²) in [7, 11) is 0. The molecule has 5 nitrogen and oxygen atoms in total. The fourth-order valence-corrected chi connectivity index (χ4v) is 4.07. The number of allylic oxidation sites excluding steroid dienone is 1. The third-order valence-corrected chi connectivity index (χ3v) is 5.67. The van der Waals surface area contributed by atoms with E-state index in [2.05, 4.69) is 10.2 Å². The first-order chi connectivity index (χ1) is 13.6. The van der Waals surface area contributed by atoms with E-state index < -0.39 is 5.97 Å². The molecule has 0 radical (unpaired) electrons. The summed E-state index contributed by atoms with van der Waals surface area (Å²) < 4.78 is 1.07. The molecule has 0 atom stereocenters. The first kappa shape index (κ1) is 18.4. The Morgan fingerprint density at radius 2 is 1.93 bits per heavy atom. The zero-order chi connectivity index (χ0) is 19.5. The van der Waals surface area contributed by atoms with Crippen LogP contribution in [-0.2, 0) is 4.79 Å². The standard InChI is InChI=1S/C21H16ClN3O2S/c22-16-8-5-13(6-9-16)20-15(12-23-25-20)11-14(7-10-19(26)27)21-24-17-3-1-2-4-18(17)28-21/h1-6,8-9,11-12H,7,10H2,(H,23,25)(H,26,27)/b14-11-. The van der Waals surface area contributed by atoms with Gasteiger partial charge in [-0.15, -0.1) is 11.3 Å². The molecule has 0 unspecified atom stereocenters. The molecule has 0 fully saturated rings. The predicted octanol–water partition coefficient (Wildman–Crippen LogP) is 5.75. The van der Waals surface area contributed by atoms with E-state index in [1.165, 1.54) is 0 Å². The third kappa shape index (κ3) is 3.98. The number of aliphatic carboxylic acids is 1. The van der Waals surface area contributed by atoms with Crippen molar-refractivity contribution in [3.05, 3.63) is 70.3 Å². The highest BCUT2D eigenvalue weighted by molar-refractivity contribution is 7.19. The molecule has 4 rings (SSSR count). The number of fused-ring (bicyclic) bond motifs is 1. The van der Waals surface area contributed by atoms with E-state index in [0.29, 0.717) is 11.4 Å². The monoisotopic (exact) mass is 409 g/mol. The summed E-state index contributed by atoms with van der Waals surface area (Å²) in [6.45, 7) is 0. The fraction of sp³-hybridized carbons (Fsp3) is 0.0952. The number of hydrogen-bond acceptors (Lipinski definition) is 4. The molecular weight excluding hydrogens is 394 g/mol. The van der Waals surface area contributed by atoms with E-state index in [1.807, 2.05) is 54.6 Å². The number of nitrogens with zero attached hydrogens (tertiary/aromatic N) is 2. The van der Waals surface area contributed by atoms with Crippen LogP contribution in [-0.4, -0.2) is 26.3 Å². The molecule has 2 N–H and O–H groups in total. The van der Waals surface area contributed by atoms with E-state index >= 15 is 0 Å². The molecule has 0 bridgehead atoms. The number of carboxylic acids is 1. The summed E-state index contributed by atoms with van der Waals surface area (Å²) in [5.74, 6) is -0.836. The normalized spacial score (nSPS) is 11.8. The van der Waals surface area contributed by atoms with Gasteiger partial charge in [-0.05, 0) is 42.3 Å². The highest BCUT2D eigenvalue weighted by atomic mass is 35.5. The highest BCUT2D eigenvalue weighted by Crippen LogP contribution is 2.33. The second-order valence-electron chi connectivity index (χ2n) is 6.26. The molecule has 0 aliphatic heterocycles. The predicted molar refractivity (Wildman–Crippen MR) is 113 cm³/mol. The van der Waals surface area contributed by atoms with Gasteiger partial charge in [-0.2, -0.15) is 5.10 Å². The lowest BCUT2D eigenvalue weighted by Crippen LogP contribution is -1.95. The van der Waals surface area contributed by atoms with E-state index in [9.17, 15) is 4.79 Å². The molecule has 0 saturated carbocycles. The van der Waals surface area contributed by atoms with Crippen molar-refractivity contribution >= 4 is 50.8 Å². The molecule has 2 aromatic heterocycles. The smallest absolute Gasteiger partial charge is 0.303 e. The molecule has 2 heterocycles. The molecule has 4 aromatic rings. The van der Waals surface area contributed by atoms with Gasteiger partial charge in [-0.1, -0.05) is 35.9 Å². The summed E-state index contributed by atoms with van der Waals surface area (Å²) in [5.41, 5.74) is 4.47. The molecule has 140 valence electrons. The van der Waals surface area contributed by atoms with Crippen molar-refractivity contribution in [2.75, 3.05) is 0 Å². The largest absolute Gasteiger partial charge is 0.481 e. The van der Waals surface area contributed by atoms with Crippen LogP contribution in [0.1, 0.15) is 23.4 Å². The summed E-state index contributed by atoms with van der Waals surface area (Å²) >= 11 is 7.55. The highest BCUT2D eigenvalue weighted by Gasteiger charge is 2.13. The van der Waals surface area contributed by atoms with Crippen molar-refractivity contribution < 1.29 is 9.90 Å². The summed E-state index contributed by atoms with van der Waals surface area (Å²) in [6, 6.07) is 15.4. The quantitative estimate of drug-likeness (QED) is 0.425. The summed E-state index contributed by atoms with van der Waals surface area (Å²) in [6.07, 6.45) is 4.13. The van der Waals surface area contributed by atoms with E-state index in [-0.39, 0.29) is 6.42 Å². The number of halogens is 1. The molecular formula is C21H16ClN3O2S. The van der Waals surface area contributed by atoms with Crippen LogP contribution in [0.3, 0.4) is 0 Å². The zero-order valence-electron chi connectivity index (χ0n) is 14.7. The van der Waals surface area contributed by atoms with Crippen LogP contribution in [0.4, 0.5) is 0 Å².